The molecule has 1 unspecified atom stereocenters. The Morgan fingerprint density at radius 2 is 2.43 bits per heavy atom. The SMILES string of the molecule is CCC(CN)Nc1ccc(C#N)nc1. The second-order valence-corrected chi connectivity index (χ2v) is 3.03. The molecule has 1 aromatic heterocycles. The summed E-state index contributed by atoms with van der Waals surface area (Å²) in [7, 11) is 0. The number of nitrogens with one attached hydrogen (secondary N) is 1. The molecule has 0 aliphatic heterocycles. The van der Waals surface area contributed by atoms with Crippen LogP contribution in [0, 0.1) is 11.3 Å². The molecule has 0 spiro atoms. The Bertz CT molecular complexity index is 308. The number of nitrogens with two attached hydrogens (primary N) is 1. The Morgan fingerprint density at radius 3 is 2.86 bits per heavy atom. The van der Waals surface area contributed by atoms with Gasteiger partial charge in [0.2, 0.25) is 0 Å². The van der Waals surface area contributed by atoms with Gasteiger partial charge in [-0.15, -0.1) is 0 Å². The predicted molar refractivity (Wildman–Crippen MR) is 55.7 cm³/mol. The van der Waals surface area contributed by atoms with E-state index >= 15 is 0 Å². The van der Waals surface area contributed by atoms with E-state index in [1.54, 1.807) is 12.3 Å². The molecule has 4 nitrogen and oxygen atoms in total. The van der Waals surface area contributed by atoms with Crippen LogP contribution in [0.4, 0.5) is 5.69 Å². The first kappa shape index (κ1) is 10.5. The van der Waals surface area contributed by atoms with E-state index in [4.69, 9.17) is 11.0 Å². The summed E-state index contributed by atoms with van der Waals surface area (Å²) in [4.78, 5) is 3.95. The van der Waals surface area contributed by atoms with Crippen LogP contribution < -0.4 is 11.1 Å². The zero-order valence-corrected chi connectivity index (χ0v) is 8.20. The minimum Gasteiger partial charge on any atom is -0.380 e. The van der Waals surface area contributed by atoms with E-state index in [-0.39, 0.29) is 6.04 Å². The molecule has 0 amide bonds. The van der Waals surface area contributed by atoms with Crippen LogP contribution in [-0.4, -0.2) is 17.6 Å². The second-order valence-electron chi connectivity index (χ2n) is 3.03. The summed E-state index contributed by atoms with van der Waals surface area (Å²) in [5.74, 6) is 0. The molecule has 74 valence electrons. The van der Waals surface area contributed by atoms with Crippen molar-refractivity contribution >= 4 is 5.69 Å². The van der Waals surface area contributed by atoms with Gasteiger partial charge in [0.15, 0.2) is 0 Å². The number of nitriles is 1. The van der Waals surface area contributed by atoms with Gasteiger partial charge in [0.1, 0.15) is 11.8 Å². The van der Waals surface area contributed by atoms with Crippen molar-refractivity contribution in [3.63, 3.8) is 0 Å². The van der Waals surface area contributed by atoms with E-state index in [1.165, 1.54) is 0 Å². The maximum absolute atomic E-state index is 8.55. The number of aromatic nitrogens is 1. The first-order valence-corrected chi connectivity index (χ1v) is 4.63. The second kappa shape index (κ2) is 5.20. The summed E-state index contributed by atoms with van der Waals surface area (Å²) >= 11 is 0. The molecule has 14 heavy (non-hydrogen) atoms. The Hall–Kier alpha value is -1.60. The van der Waals surface area contributed by atoms with Gasteiger partial charge in [-0.3, -0.25) is 0 Å². The molecule has 1 aromatic rings. The van der Waals surface area contributed by atoms with Gasteiger partial charge in [0.05, 0.1) is 11.9 Å². The molecule has 0 aromatic carbocycles. The number of nitrogens with zero attached hydrogens (tertiary/aromatic N) is 2. The number of hydrogen-bond donors (Lipinski definition) is 2. The third-order valence-corrected chi connectivity index (χ3v) is 2.03. The van der Waals surface area contributed by atoms with Gasteiger partial charge < -0.3 is 11.1 Å². The van der Waals surface area contributed by atoms with Crippen LogP contribution in [0.25, 0.3) is 0 Å². The Labute approximate surface area is 83.8 Å². The minimum atomic E-state index is 0.268. The Morgan fingerprint density at radius 1 is 1.64 bits per heavy atom. The summed E-state index contributed by atoms with van der Waals surface area (Å²) in [6.07, 6.45) is 2.62. The molecule has 1 atom stereocenters. The third kappa shape index (κ3) is 2.71. The lowest BCUT2D eigenvalue weighted by atomic mass is 10.2. The van der Waals surface area contributed by atoms with Crippen LogP contribution >= 0.6 is 0 Å². The van der Waals surface area contributed by atoms with E-state index in [1.807, 2.05) is 12.1 Å². The molecule has 0 aliphatic rings. The molecular weight excluding hydrogens is 176 g/mol. The fourth-order valence-corrected chi connectivity index (χ4v) is 1.11. The molecule has 1 rings (SSSR count). The van der Waals surface area contributed by atoms with Crippen LogP contribution in [0.5, 0.6) is 0 Å². The van der Waals surface area contributed by atoms with Crippen LogP contribution in [0.2, 0.25) is 0 Å². The number of rotatable bonds is 4. The summed E-state index contributed by atoms with van der Waals surface area (Å²) in [5, 5.41) is 11.8. The van der Waals surface area contributed by atoms with Gasteiger partial charge in [0, 0.05) is 12.6 Å². The summed E-state index contributed by atoms with van der Waals surface area (Å²) in [6, 6.07) is 5.76. The van der Waals surface area contributed by atoms with E-state index in [9.17, 15) is 0 Å². The van der Waals surface area contributed by atoms with Crippen molar-refractivity contribution in [2.24, 2.45) is 5.73 Å². The van der Waals surface area contributed by atoms with Crippen molar-refractivity contribution in [3.8, 4) is 6.07 Å². The quantitative estimate of drug-likeness (QED) is 0.745. The summed E-state index contributed by atoms with van der Waals surface area (Å²) < 4.78 is 0. The zero-order valence-electron chi connectivity index (χ0n) is 8.20. The molecule has 0 saturated heterocycles. The standard InChI is InChI=1S/C10H14N4/c1-2-8(5-11)14-10-4-3-9(6-12)13-7-10/h3-4,7-8,14H,2,5,11H2,1H3. The highest BCUT2D eigenvalue weighted by atomic mass is 14.9. The highest BCUT2D eigenvalue weighted by Gasteiger charge is 2.02. The average Bonchev–Trinajstić information content (AvgIpc) is 2.26. The van der Waals surface area contributed by atoms with Crippen LogP contribution in [-0.2, 0) is 0 Å². The lowest BCUT2D eigenvalue weighted by molar-refractivity contribution is 0.703. The van der Waals surface area contributed by atoms with E-state index < -0.39 is 0 Å². The van der Waals surface area contributed by atoms with Gasteiger partial charge in [-0.1, -0.05) is 6.92 Å². The molecule has 0 bridgehead atoms. The van der Waals surface area contributed by atoms with Gasteiger partial charge in [-0.25, -0.2) is 4.98 Å². The highest BCUT2D eigenvalue weighted by Crippen LogP contribution is 2.08. The first-order valence-electron chi connectivity index (χ1n) is 4.63. The molecule has 0 fully saturated rings. The maximum atomic E-state index is 8.55. The van der Waals surface area contributed by atoms with Crippen LogP contribution in [0.1, 0.15) is 19.0 Å². The maximum Gasteiger partial charge on any atom is 0.140 e. The number of anilines is 1. The van der Waals surface area contributed by atoms with Gasteiger partial charge in [-0.05, 0) is 18.6 Å². The van der Waals surface area contributed by atoms with Crippen molar-refractivity contribution in [2.45, 2.75) is 19.4 Å². The van der Waals surface area contributed by atoms with Crippen LogP contribution in [0.3, 0.4) is 0 Å². The van der Waals surface area contributed by atoms with Gasteiger partial charge >= 0.3 is 0 Å². The van der Waals surface area contributed by atoms with E-state index in [0.29, 0.717) is 12.2 Å². The summed E-state index contributed by atoms with van der Waals surface area (Å²) in [6.45, 7) is 2.66. The van der Waals surface area contributed by atoms with E-state index in [0.717, 1.165) is 12.1 Å². The predicted octanol–water partition coefficient (Wildman–Crippen LogP) is 1.10. The average molecular weight is 190 g/mol. The third-order valence-electron chi connectivity index (χ3n) is 2.03. The molecule has 4 heteroatoms. The monoisotopic (exact) mass is 190 g/mol. The fraction of sp³-hybridized carbons (Fsp3) is 0.400. The van der Waals surface area contributed by atoms with Crippen molar-refractivity contribution in [3.05, 3.63) is 24.0 Å². The van der Waals surface area contributed by atoms with Crippen LogP contribution in [0.15, 0.2) is 18.3 Å². The molecule has 0 aliphatic carbocycles. The molecule has 0 radical (unpaired) electrons. The first-order chi connectivity index (χ1) is 6.80. The Balaban J connectivity index is 2.64. The van der Waals surface area contributed by atoms with Crippen molar-refractivity contribution < 1.29 is 0 Å². The Kier molecular flexibility index (Phi) is 3.89. The van der Waals surface area contributed by atoms with E-state index in [2.05, 4.69) is 17.2 Å². The molecular formula is C10H14N4. The molecule has 0 saturated carbocycles. The number of hydrogen-bond acceptors (Lipinski definition) is 4. The number of pyridine rings is 1. The highest BCUT2D eigenvalue weighted by molar-refractivity contribution is 5.43. The normalized spacial score (nSPS) is 11.8. The topological polar surface area (TPSA) is 74.7 Å². The smallest absolute Gasteiger partial charge is 0.140 e. The van der Waals surface area contributed by atoms with Crippen molar-refractivity contribution in [1.82, 2.24) is 4.98 Å². The van der Waals surface area contributed by atoms with Gasteiger partial charge in [-0.2, -0.15) is 5.26 Å². The fourth-order valence-electron chi connectivity index (χ4n) is 1.11. The largest absolute Gasteiger partial charge is 0.380 e. The summed E-state index contributed by atoms with van der Waals surface area (Å²) in [5.41, 5.74) is 6.88. The lowest BCUT2D eigenvalue weighted by Gasteiger charge is -2.15. The lowest BCUT2D eigenvalue weighted by Crippen LogP contribution is -2.27. The molecule has 1 heterocycles. The minimum absolute atomic E-state index is 0.268. The van der Waals surface area contributed by atoms with Crippen molar-refractivity contribution in [1.29, 1.82) is 5.26 Å². The molecule has 3 N–H and O–H groups in total. The zero-order chi connectivity index (χ0) is 10.4. The van der Waals surface area contributed by atoms with Crippen molar-refractivity contribution in [2.75, 3.05) is 11.9 Å². The van der Waals surface area contributed by atoms with Gasteiger partial charge in [0.25, 0.3) is 0 Å².